The summed E-state index contributed by atoms with van der Waals surface area (Å²) in [6, 6.07) is 9.17. The zero-order valence-corrected chi connectivity index (χ0v) is 14.4. The summed E-state index contributed by atoms with van der Waals surface area (Å²) in [5.74, 6) is 0.322. The third-order valence-electron chi connectivity index (χ3n) is 4.20. The number of hydrogen-bond acceptors (Lipinski definition) is 5. The van der Waals surface area contributed by atoms with Crippen molar-refractivity contribution >= 4 is 5.91 Å². The maximum Gasteiger partial charge on any atom is 0.351 e. The Hall–Kier alpha value is -2.45. The second-order valence-corrected chi connectivity index (χ2v) is 5.97. The van der Waals surface area contributed by atoms with Gasteiger partial charge >= 0.3 is 5.69 Å². The molecule has 0 saturated carbocycles. The molecule has 2 aromatic rings. The first-order valence-corrected chi connectivity index (χ1v) is 8.44. The average Bonchev–Trinajstić information content (AvgIpc) is 2.91. The van der Waals surface area contributed by atoms with Crippen LogP contribution in [-0.4, -0.2) is 64.5 Å². The molecule has 1 N–H and O–H groups in total. The van der Waals surface area contributed by atoms with E-state index in [1.165, 1.54) is 9.25 Å². The lowest BCUT2D eigenvalue weighted by atomic mass is 10.3. The number of aromatic nitrogens is 3. The minimum Gasteiger partial charge on any atom is -0.379 e. The SMILES string of the molecule is Cc1nn(-c2ccccc2)c(=O)n1CC(=O)NCCN1CCOCC1. The molecule has 0 bridgehead atoms. The lowest BCUT2D eigenvalue weighted by Gasteiger charge is -2.26. The molecule has 2 heterocycles. The van der Waals surface area contributed by atoms with E-state index in [1.807, 2.05) is 18.2 Å². The number of rotatable bonds is 6. The van der Waals surface area contributed by atoms with E-state index in [0.29, 0.717) is 18.1 Å². The van der Waals surface area contributed by atoms with Crippen LogP contribution in [0.15, 0.2) is 35.1 Å². The first-order valence-electron chi connectivity index (χ1n) is 8.44. The summed E-state index contributed by atoms with van der Waals surface area (Å²) < 4.78 is 8.00. The highest BCUT2D eigenvalue weighted by Gasteiger charge is 2.15. The number of nitrogens with one attached hydrogen (secondary N) is 1. The van der Waals surface area contributed by atoms with E-state index in [-0.39, 0.29) is 18.1 Å². The minimum absolute atomic E-state index is 0.0272. The Morgan fingerprint density at radius 1 is 1.24 bits per heavy atom. The van der Waals surface area contributed by atoms with E-state index in [4.69, 9.17) is 4.74 Å². The summed E-state index contributed by atoms with van der Waals surface area (Å²) in [7, 11) is 0. The number of benzene rings is 1. The van der Waals surface area contributed by atoms with E-state index in [0.717, 1.165) is 32.8 Å². The van der Waals surface area contributed by atoms with Crippen LogP contribution < -0.4 is 11.0 Å². The van der Waals surface area contributed by atoms with Gasteiger partial charge in [-0.25, -0.2) is 4.79 Å². The van der Waals surface area contributed by atoms with Crippen molar-refractivity contribution in [2.24, 2.45) is 0 Å². The van der Waals surface area contributed by atoms with Gasteiger partial charge in [0.2, 0.25) is 5.91 Å². The minimum atomic E-state index is -0.313. The lowest BCUT2D eigenvalue weighted by molar-refractivity contribution is -0.121. The fraction of sp³-hybridized carbons (Fsp3) is 0.471. The maximum absolute atomic E-state index is 12.5. The Morgan fingerprint density at radius 3 is 2.68 bits per heavy atom. The van der Waals surface area contributed by atoms with E-state index >= 15 is 0 Å². The summed E-state index contributed by atoms with van der Waals surface area (Å²) in [5.41, 5.74) is 0.370. The molecule has 8 nitrogen and oxygen atoms in total. The van der Waals surface area contributed by atoms with Crippen molar-refractivity contribution in [2.75, 3.05) is 39.4 Å². The Bertz CT molecular complexity index is 762. The molecule has 1 aromatic heterocycles. The summed E-state index contributed by atoms with van der Waals surface area (Å²) in [5, 5.41) is 7.12. The van der Waals surface area contributed by atoms with Crippen LogP contribution in [0.25, 0.3) is 5.69 Å². The zero-order chi connectivity index (χ0) is 17.6. The normalized spacial score (nSPS) is 15.2. The molecule has 134 valence electrons. The predicted molar refractivity (Wildman–Crippen MR) is 92.8 cm³/mol. The number of carbonyl (C=O) groups is 1. The second kappa shape index (κ2) is 8.09. The number of carbonyl (C=O) groups excluding carboxylic acids is 1. The Kier molecular flexibility index (Phi) is 5.62. The molecule has 0 radical (unpaired) electrons. The van der Waals surface area contributed by atoms with Gasteiger partial charge in [-0.15, -0.1) is 0 Å². The molecular weight excluding hydrogens is 322 g/mol. The van der Waals surface area contributed by atoms with Gasteiger partial charge in [0, 0.05) is 26.2 Å². The van der Waals surface area contributed by atoms with Crippen LogP contribution >= 0.6 is 0 Å². The number of amides is 1. The van der Waals surface area contributed by atoms with Crippen molar-refractivity contribution in [2.45, 2.75) is 13.5 Å². The molecule has 3 rings (SSSR count). The average molecular weight is 345 g/mol. The van der Waals surface area contributed by atoms with Gasteiger partial charge in [-0.1, -0.05) is 18.2 Å². The van der Waals surface area contributed by atoms with E-state index < -0.39 is 0 Å². The number of aryl methyl sites for hydroxylation is 1. The molecular formula is C17H23N5O3. The number of para-hydroxylation sites is 1. The molecule has 1 aliphatic rings. The number of nitrogens with zero attached hydrogens (tertiary/aromatic N) is 4. The molecule has 0 aliphatic carbocycles. The zero-order valence-electron chi connectivity index (χ0n) is 14.4. The summed E-state index contributed by atoms with van der Waals surface area (Å²) in [6.07, 6.45) is 0. The van der Waals surface area contributed by atoms with Crippen LogP contribution in [-0.2, 0) is 16.1 Å². The van der Waals surface area contributed by atoms with Gasteiger partial charge < -0.3 is 10.1 Å². The predicted octanol–water partition coefficient (Wildman–Crippen LogP) is -0.209. The molecule has 1 fully saturated rings. The van der Waals surface area contributed by atoms with Gasteiger partial charge in [0.25, 0.3) is 0 Å². The molecule has 1 aromatic carbocycles. The Morgan fingerprint density at radius 2 is 1.96 bits per heavy atom. The van der Waals surface area contributed by atoms with Gasteiger partial charge in [0.1, 0.15) is 12.4 Å². The highest BCUT2D eigenvalue weighted by molar-refractivity contribution is 5.75. The highest BCUT2D eigenvalue weighted by Crippen LogP contribution is 2.03. The Balaban J connectivity index is 1.58. The first-order chi connectivity index (χ1) is 12.1. The van der Waals surface area contributed by atoms with Crippen molar-refractivity contribution in [1.82, 2.24) is 24.6 Å². The second-order valence-electron chi connectivity index (χ2n) is 5.97. The monoisotopic (exact) mass is 345 g/mol. The van der Waals surface area contributed by atoms with Gasteiger partial charge in [-0.3, -0.25) is 14.3 Å². The molecule has 8 heteroatoms. The molecule has 25 heavy (non-hydrogen) atoms. The fourth-order valence-electron chi connectivity index (χ4n) is 2.79. The van der Waals surface area contributed by atoms with Gasteiger partial charge in [0.05, 0.1) is 18.9 Å². The largest absolute Gasteiger partial charge is 0.379 e. The molecule has 0 atom stereocenters. The summed E-state index contributed by atoms with van der Waals surface area (Å²) in [6.45, 7) is 6.28. The van der Waals surface area contributed by atoms with Crippen LogP contribution in [0.5, 0.6) is 0 Å². The van der Waals surface area contributed by atoms with E-state index in [9.17, 15) is 9.59 Å². The van der Waals surface area contributed by atoms with Crippen LogP contribution in [0.2, 0.25) is 0 Å². The van der Waals surface area contributed by atoms with Gasteiger partial charge in [-0.05, 0) is 19.1 Å². The number of ether oxygens (including phenoxy) is 1. The molecule has 0 spiro atoms. The van der Waals surface area contributed by atoms with Gasteiger partial charge in [-0.2, -0.15) is 9.78 Å². The molecule has 1 saturated heterocycles. The van der Waals surface area contributed by atoms with Crippen molar-refractivity contribution in [3.63, 3.8) is 0 Å². The first kappa shape index (κ1) is 17.4. The maximum atomic E-state index is 12.5. The fourth-order valence-corrected chi connectivity index (χ4v) is 2.79. The number of hydrogen-bond donors (Lipinski definition) is 1. The van der Waals surface area contributed by atoms with Crippen LogP contribution in [0.4, 0.5) is 0 Å². The van der Waals surface area contributed by atoms with Crippen LogP contribution in [0, 0.1) is 6.92 Å². The third-order valence-corrected chi connectivity index (χ3v) is 4.20. The summed E-state index contributed by atoms with van der Waals surface area (Å²) >= 11 is 0. The van der Waals surface area contributed by atoms with E-state index in [2.05, 4.69) is 15.3 Å². The lowest BCUT2D eigenvalue weighted by Crippen LogP contribution is -2.42. The van der Waals surface area contributed by atoms with Crippen molar-refractivity contribution in [3.8, 4) is 5.69 Å². The van der Waals surface area contributed by atoms with Crippen molar-refractivity contribution in [3.05, 3.63) is 46.6 Å². The standard InChI is InChI=1S/C17H23N5O3/c1-14-19-22(15-5-3-2-4-6-15)17(24)21(14)13-16(23)18-7-8-20-9-11-25-12-10-20/h2-6H,7-13H2,1H3,(H,18,23). The van der Waals surface area contributed by atoms with Crippen molar-refractivity contribution in [1.29, 1.82) is 0 Å². The topological polar surface area (TPSA) is 81.4 Å². The molecule has 0 unspecified atom stereocenters. The van der Waals surface area contributed by atoms with Gasteiger partial charge in [0.15, 0.2) is 0 Å². The summed E-state index contributed by atoms with van der Waals surface area (Å²) in [4.78, 5) is 26.9. The smallest absolute Gasteiger partial charge is 0.351 e. The molecule has 1 aliphatic heterocycles. The quantitative estimate of drug-likeness (QED) is 0.784. The van der Waals surface area contributed by atoms with E-state index in [1.54, 1.807) is 19.1 Å². The van der Waals surface area contributed by atoms with Crippen LogP contribution in [0.1, 0.15) is 5.82 Å². The Labute approximate surface area is 146 Å². The number of morpholine rings is 1. The highest BCUT2D eigenvalue weighted by atomic mass is 16.5. The van der Waals surface area contributed by atoms with Crippen molar-refractivity contribution < 1.29 is 9.53 Å². The third kappa shape index (κ3) is 4.34. The molecule has 1 amide bonds. The van der Waals surface area contributed by atoms with Crippen LogP contribution in [0.3, 0.4) is 0 Å².